The molecule has 4 nitrogen and oxygen atoms in total. The molecule has 1 heterocycles. The molecule has 0 fully saturated rings. The molecule has 0 amide bonds. The fraction of sp³-hybridized carbons (Fsp3) is 0.273. The number of aromatic amines is 1. The number of rotatable bonds is 2. The van der Waals surface area contributed by atoms with E-state index in [0.717, 1.165) is 0 Å². The first-order valence-electron chi connectivity index (χ1n) is 4.98. The molecule has 0 bridgehead atoms. The van der Waals surface area contributed by atoms with Crippen molar-refractivity contribution in [1.29, 1.82) is 0 Å². The molecule has 0 saturated carbocycles. The highest BCUT2D eigenvalue weighted by Crippen LogP contribution is 2.15. The first kappa shape index (κ1) is 10.8. The molecule has 0 atom stereocenters. The molecule has 0 aliphatic rings. The second-order valence-corrected chi connectivity index (χ2v) is 3.49. The Balaban J connectivity index is 2.76. The minimum atomic E-state index is -0.517. The van der Waals surface area contributed by atoms with Gasteiger partial charge in [0.2, 0.25) is 0 Å². The summed E-state index contributed by atoms with van der Waals surface area (Å²) < 4.78 is 13.4. The molecule has 0 spiro atoms. The summed E-state index contributed by atoms with van der Waals surface area (Å²) in [7, 11) is 0. The van der Waals surface area contributed by atoms with E-state index in [-0.39, 0.29) is 11.1 Å². The summed E-state index contributed by atoms with van der Waals surface area (Å²) in [5.74, 6) is -0.517. The highest BCUT2D eigenvalue weighted by atomic mass is 19.1. The summed E-state index contributed by atoms with van der Waals surface area (Å²) in [6, 6.07) is 2.62. The van der Waals surface area contributed by atoms with E-state index < -0.39 is 12.4 Å². The number of nitrogens with one attached hydrogen (secondary N) is 1. The monoisotopic (exact) mass is 222 g/mol. The van der Waals surface area contributed by atoms with E-state index in [0.29, 0.717) is 23.1 Å². The summed E-state index contributed by atoms with van der Waals surface area (Å²) in [5, 5.41) is 8.90. The van der Waals surface area contributed by atoms with Gasteiger partial charge in [-0.15, -0.1) is 0 Å². The molecule has 0 saturated heterocycles. The lowest BCUT2D eigenvalue weighted by Crippen LogP contribution is -2.14. The summed E-state index contributed by atoms with van der Waals surface area (Å²) in [6.07, 6.45) is 0.495. The van der Waals surface area contributed by atoms with E-state index in [9.17, 15) is 9.18 Å². The van der Waals surface area contributed by atoms with Crippen molar-refractivity contribution in [3.8, 4) is 0 Å². The number of hydrogen-bond acceptors (Lipinski definition) is 3. The van der Waals surface area contributed by atoms with Crippen molar-refractivity contribution < 1.29 is 9.50 Å². The van der Waals surface area contributed by atoms with E-state index in [1.54, 1.807) is 0 Å². The zero-order chi connectivity index (χ0) is 11.7. The molecular formula is C11H11FN2O2. The molecule has 0 aliphatic carbocycles. The molecular weight excluding hydrogens is 211 g/mol. The molecule has 0 unspecified atom stereocenters. The minimum Gasteiger partial charge on any atom is -0.392 e. The number of hydrogen-bond donors (Lipinski definition) is 2. The van der Waals surface area contributed by atoms with Gasteiger partial charge in [0.25, 0.3) is 5.56 Å². The Labute approximate surface area is 90.8 Å². The summed E-state index contributed by atoms with van der Waals surface area (Å²) in [4.78, 5) is 18.2. The van der Waals surface area contributed by atoms with Crippen molar-refractivity contribution in [2.75, 3.05) is 0 Å². The van der Waals surface area contributed by atoms with Crippen molar-refractivity contribution in [3.63, 3.8) is 0 Å². The van der Waals surface area contributed by atoms with E-state index in [2.05, 4.69) is 9.97 Å². The second kappa shape index (κ2) is 4.02. The van der Waals surface area contributed by atoms with Crippen LogP contribution in [0.15, 0.2) is 16.9 Å². The Morgan fingerprint density at radius 1 is 1.50 bits per heavy atom. The Kier molecular flexibility index (Phi) is 2.70. The Morgan fingerprint density at radius 3 is 2.88 bits per heavy atom. The highest BCUT2D eigenvalue weighted by molar-refractivity contribution is 5.75. The van der Waals surface area contributed by atoms with Crippen LogP contribution < -0.4 is 5.56 Å². The number of nitrogens with zero attached hydrogens (tertiary/aromatic N) is 1. The zero-order valence-corrected chi connectivity index (χ0v) is 8.75. The molecule has 2 aromatic rings. The van der Waals surface area contributed by atoms with Gasteiger partial charge in [-0.2, -0.15) is 0 Å². The number of H-pyrrole nitrogens is 1. The van der Waals surface area contributed by atoms with E-state index in [4.69, 9.17) is 5.11 Å². The summed E-state index contributed by atoms with van der Waals surface area (Å²) >= 11 is 0. The van der Waals surface area contributed by atoms with Crippen molar-refractivity contribution in [2.45, 2.75) is 20.0 Å². The largest absolute Gasteiger partial charge is 0.392 e. The number of halogens is 1. The van der Waals surface area contributed by atoms with Crippen LogP contribution in [0.3, 0.4) is 0 Å². The van der Waals surface area contributed by atoms with Crippen LogP contribution in [0.2, 0.25) is 0 Å². The molecule has 2 rings (SSSR count). The third kappa shape index (κ3) is 1.69. The zero-order valence-electron chi connectivity index (χ0n) is 8.75. The van der Waals surface area contributed by atoms with Crippen LogP contribution in [-0.4, -0.2) is 15.1 Å². The van der Waals surface area contributed by atoms with Crippen LogP contribution in [0.25, 0.3) is 11.0 Å². The van der Waals surface area contributed by atoms with E-state index >= 15 is 0 Å². The Bertz CT molecular complexity index is 592. The van der Waals surface area contributed by atoms with Crippen molar-refractivity contribution in [2.24, 2.45) is 0 Å². The number of aryl methyl sites for hydroxylation is 1. The van der Waals surface area contributed by atoms with Gasteiger partial charge in [-0.05, 0) is 12.5 Å². The predicted molar refractivity (Wildman–Crippen MR) is 57.6 cm³/mol. The quantitative estimate of drug-likeness (QED) is 0.800. The average Bonchev–Trinajstić information content (AvgIpc) is 2.28. The van der Waals surface area contributed by atoms with Gasteiger partial charge in [0.1, 0.15) is 11.5 Å². The SMILES string of the molecule is CCc1nc2cc(F)c(CO)cc2[nH]c1=O. The lowest BCUT2D eigenvalue weighted by molar-refractivity contribution is 0.276. The number of fused-ring (bicyclic) bond motifs is 1. The lowest BCUT2D eigenvalue weighted by atomic mass is 10.2. The lowest BCUT2D eigenvalue weighted by Gasteiger charge is -2.03. The van der Waals surface area contributed by atoms with Crippen LogP contribution in [0, 0.1) is 5.82 Å². The number of aromatic nitrogens is 2. The highest BCUT2D eigenvalue weighted by Gasteiger charge is 2.07. The molecule has 0 aliphatic heterocycles. The van der Waals surface area contributed by atoms with Crippen molar-refractivity contribution in [3.05, 3.63) is 39.6 Å². The van der Waals surface area contributed by atoms with E-state index in [1.165, 1.54) is 12.1 Å². The molecule has 1 aromatic heterocycles. The first-order valence-corrected chi connectivity index (χ1v) is 4.98. The van der Waals surface area contributed by atoms with E-state index in [1.807, 2.05) is 6.92 Å². The van der Waals surface area contributed by atoms with Gasteiger partial charge in [-0.3, -0.25) is 4.79 Å². The fourth-order valence-corrected chi connectivity index (χ4v) is 1.55. The average molecular weight is 222 g/mol. The standard InChI is InChI=1S/C11H11FN2O2/c1-2-8-11(16)14-9-3-6(5-15)7(12)4-10(9)13-8/h3-4,15H,2,5H2,1H3,(H,14,16). The maximum Gasteiger partial charge on any atom is 0.270 e. The summed E-state index contributed by atoms with van der Waals surface area (Å²) in [5.41, 5.74) is 1.09. The Hall–Kier alpha value is -1.75. The summed E-state index contributed by atoms with van der Waals surface area (Å²) in [6.45, 7) is 1.40. The van der Waals surface area contributed by atoms with Gasteiger partial charge < -0.3 is 10.1 Å². The number of aliphatic hydroxyl groups is 1. The first-order chi connectivity index (χ1) is 7.65. The molecule has 16 heavy (non-hydrogen) atoms. The maximum atomic E-state index is 13.4. The van der Waals surface area contributed by atoms with Gasteiger partial charge in [0, 0.05) is 11.6 Å². The third-order valence-corrected chi connectivity index (χ3v) is 2.44. The number of aliphatic hydroxyl groups excluding tert-OH is 1. The molecule has 0 radical (unpaired) electrons. The van der Waals surface area contributed by atoms with Gasteiger partial charge in [0.05, 0.1) is 17.6 Å². The smallest absolute Gasteiger partial charge is 0.270 e. The van der Waals surface area contributed by atoms with Crippen LogP contribution in [0.5, 0.6) is 0 Å². The normalized spacial score (nSPS) is 10.9. The van der Waals surface area contributed by atoms with Crippen LogP contribution >= 0.6 is 0 Å². The van der Waals surface area contributed by atoms with Crippen LogP contribution in [0.4, 0.5) is 4.39 Å². The third-order valence-electron chi connectivity index (χ3n) is 2.44. The van der Waals surface area contributed by atoms with Gasteiger partial charge in [-0.1, -0.05) is 6.92 Å². The molecule has 2 N–H and O–H groups in total. The van der Waals surface area contributed by atoms with Crippen LogP contribution in [-0.2, 0) is 13.0 Å². The van der Waals surface area contributed by atoms with Crippen LogP contribution in [0.1, 0.15) is 18.2 Å². The van der Waals surface area contributed by atoms with Gasteiger partial charge >= 0.3 is 0 Å². The van der Waals surface area contributed by atoms with Crippen molar-refractivity contribution >= 4 is 11.0 Å². The predicted octanol–water partition coefficient (Wildman–Crippen LogP) is 1.12. The molecule has 5 heteroatoms. The fourth-order valence-electron chi connectivity index (χ4n) is 1.55. The number of benzene rings is 1. The molecule has 84 valence electrons. The van der Waals surface area contributed by atoms with Gasteiger partial charge in [0.15, 0.2) is 0 Å². The van der Waals surface area contributed by atoms with Crippen molar-refractivity contribution in [1.82, 2.24) is 9.97 Å². The molecule has 1 aromatic carbocycles. The maximum absolute atomic E-state index is 13.4. The second-order valence-electron chi connectivity index (χ2n) is 3.49. The topological polar surface area (TPSA) is 66.0 Å². The van der Waals surface area contributed by atoms with Gasteiger partial charge in [-0.25, -0.2) is 9.37 Å². The Morgan fingerprint density at radius 2 is 2.25 bits per heavy atom. The minimum absolute atomic E-state index is 0.147.